The standard InChI is InChI=1S/C21H15BrO2S/c1-12-19(16-9-7-13-5-3-4-6-15(13)20(16)22)17-11-14(21(23)24-2)8-10-18(17)25-12/h3-11H,1-2H3. The summed E-state index contributed by atoms with van der Waals surface area (Å²) in [7, 11) is 1.41. The third-order valence-corrected chi connectivity index (χ3v) is 6.36. The predicted molar refractivity (Wildman–Crippen MR) is 109 cm³/mol. The number of hydrogen-bond donors (Lipinski definition) is 0. The van der Waals surface area contributed by atoms with Gasteiger partial charge in [0.15, 0.2) is 0 Å². The Labute approximate surface area is 158 Å². The number of aryl methyl sites for hydroxylation is 1. The van der Waals surface area contributed by atoms with Crippen molar-refractivity contribution in [2.45, 2.75) is 6.92 Å². The van der Waals surface area contributed by atoms with E-state index in [1.54, 1.807) is 11.3 Å². The Hall–Kier alpha value is -2.17. The van der Waals surface area contributed by atoms with Crippen molar-refractivity contribution in [3.05, 3.63) is 69.5 Å². The number of esters is 1. The van der Waals surface area contributed by atoms with Crippen LogP contribution >= 0.6 is 27.3 Å². The maximum Gasteiger partial charge on any atom is 0.337 e. The van der Waals surface area contributed by atoms with Gasteiger partial charge in [-0.05, 0) is 57.4 Å². The van der Waals surface area contributed by atoms with Crippen molar-refractivity contribution in [2.75, 3.05) is 7.11 Å². The normalized spacial score (nSPS) is 11.2. The fourth-order valence-electron chi connectivity index (χ4n) is 3.23. The number of thiophene rings is 1. The highest BCUT2D eigenvalue weighted by Gasteiger charge is 2.17. The first kappa shape index (κ1) is 16.3. The molecule has 4 heteroatoms. The van der Waals surface area contributed by atoms with Crippen molar-refractivity contribution in [1.82, 2.24) is 0 Å². The van der Waals surface area contributed by atoms with Crippen molar-refractivity contribution in [1.29, 1.82) is 0 Å². The Morgan fingerprint density at radius 2 is 1.84 bits per heavy atom. The van der Waals surface area contributed by atoms with Gasteiger partial charge in [-0.2, -0.15) is 0 Å². The minimum absolute atomic E-state index is 0.311. The van der Waals surface area contributed by atoms with Gasteiger partial charge in [0, 0.05) is 25.0 Å². The monoisotopic (exact) mass is 410 g/mol. The van der Waals surface area contributed by atoms with Crippen LogP contribution in [0.1, 0.15) is 15.2 Å². The lowest BCUT2D eigenvalue weighted by atomic mass is 9.98. The van der Waals surface area contributed by atoms with E-state index in [-0.39, 0.29) is 5.97 Å². The van der Waals surface area contributed by atoms with Gasteiger partial charge in [-0.25, -0.2) is 4.79 Å². The number of ether oxygens (including phenoxy) is 1. The summed E-state index contributed by atoms with van der Waals surface area (Å²) in [5.74, 6) is -0.311. The lowest BCUT2D eigenvalue weighted by Crippen LogP contribution is -2.00. The molecular weight excluding hydrogens is 396 g/mol. The molecule has 0 radical (unpaired) electrons. The summed E-state index contributed by atoms with van der Waals surface area (Å²) >= 11 is 5.54. The molecule has 0 fully saturated rings. The first-order chi connectivity index (χ1) is 12.1. The van der Waals surface area contributed by atoms with Gasteiger partial charge in [0.25, 0.3) is 0 Å². The number of fused-ring (bicyclic) bond motifs is 2. The van der Waals surface area contributed by atoms with Gasteiger partial charge in [-0.3, -0.25) is 0 Å². The summed E-state index contributed by atoms with van der Waals surface area (Å²) in [6.07, 6.45) is 0. The second-order valence-corrected chi connectivity index (χ2v) is 7.93. The van der Waals surface area contributed by atoms with Crippen LogP contribution in [-0.2, 0) is 4.74 Å². The van der Waals surface area contributed by atoms with Crippen LogP contribution in [0.3, 0.4) is 0 Å². The zero-order valence-corrected chi connectivity index (χ0v) is 16.2. The van der Waals surface area contributed by atoms with E-state index < -0.39 is 0 Å². The number of hydrogen-bond acceptors (Lipinski definition) is 3. The van der Waals surface area contributed by atoms with Gasteiger partial charge in [-0.15, -0.1) is 11.3 Å². The smallest absolute Gasteiger partial charge is 0.337 e. The summed E-state index contributed by atoms with van der Waals surface area (Å²) in [5.41, 5.74) is 2.89. The van der Waals surface area contributed by atoms with Crippen LogP contribution in [0.4, 0.5) is 0 Å². The van der Waals surface area contributed by atoms with E-state index in [4.69, 9.17) is 4.74 Å². The number of methoxy groups -OCH3 is 1. The van der Waals surface area contributed by atoms with Gasteiger partial charge >= 0.3 is 5.97 Å². The van der Waals surface area contributed by atoms with E-state index in [9.17, 15) is 4.79 Å². The highest BCUT2D eigenvalue weighted by atomic mass is 79.9. The van der Waals surface area contributed by atoms with Crippen molar-refractivity contribution < 1.29 is 9.53 Å². The van der Waals surface area contributed by atoms with Crippen LogP contribution in [0, 0.1) is 6.92 Å². The molecule has 4 rings (SSSR count). The summed E-state index contributed by atoms with van der Waals surface area (Å²) < 4.78 is 7.12. The maximum absolute atomic E-state index is 11.9. The van der Waals surface area contributed by atoms with Gasteiger partial charge in [0.1, 0.15) is 0 Å². The Morgan fingerprint density at radius 3 is 2.64 bits per heavy atom. The van der Waals surface area contributed by atoms with Crippen LogP contribution in [0.5, 0.6) is 0 Å². The fraction of sp³-hybridized carbons (Fsp3) is 0.0952. The molecular formula is C21H15BrO2S. The van der Waals surface area contributed by atoms with Crippen molar-refractivity contribution >= 4 is 54.1 Å². The number of carbonyl (C=O) groups is 1. The van der Waals surface area contributed by atoms with Crippen LogP contribution in [0.25, 0.3) is 32.0 Å². The number of carbonyl (C=O) groups excluding carboxylic acids is 1. The van der Waals surface area contributed by atoms with Crippen LogP contribution in [0.2, 0.25) is 0 Å². The molecule has 0 amide bonds. The summed E-state index contributed by atoms with van der Waals surface area (Å²) in [5, 5.41) is 3.47. The minimum atomic E-state index is -0.311. The van der Waals surface area contributed by atoms with Crippen molar-refractivity contribution in [2.24, 2.45) is 0 Å². The molecule has 1 heterocycles. The van der Waals surface area contributed by atoms with Gasteiger partial charge in [0.2, 0.25) is 0 Å². The lowest BCUT2D eigenvalue weighted by molar-refractivity contribution is 0.0601. The molecule has 0 N–H and O–H groups in total. The number of benzene rings is 3. The molecule has 0 spiro atoms. The summed E-state index contributed by atoms with van der Waals surface area (Å²) in [4.78, 5) is 13.2. The molecule has 0 bridgehead atoms. The first-order valence-corrected chi connectivity index (χ1v) is 9.50. The minimum Gasteiger partial charge on any atom is -0.465 e. The average molecular weight is 411 g/mol. The second-order valence-electron chi connectivity index (χ2n) is 5.88. The third kappa shape index (κ3) is 2.66. The molecule has 124 valence electrons. The Morgan fingerprint density at radius 1 is 1.04 bits per heavy atom. The summed E-state index contributed by atoms with van der Waals surface area (Å²) in [6.45, 7) is 2.12. The lowest BCUT2D eigenvalue weighted by Gasteiger charge is -2.09. The third-order valence-electron chi connectivity index (χ3n) is 4.42. The molecule has 0 aliphatic carbocycles. The number of halogens is 1. The molecule has 2 nitrogen and oxygen atoms in total. The van der Waals surface area contributed by atoms with E-state index in [2.05, 4.69) is 47.1 Å². The molecule has 0 unspecified atom stereocenters. The largest absolute Gasteiger partial charge is 0.465 e. The molecule has 0 atom stereocenters. The zero-order valence-electron chi connectivity index (χ0n) is 13.8. The van der Waals surface area contributed by atoms with E-state index in [0.29, 0.717) is 5.56 Å². The summed E-state index contributed by atoms with van der Waals surface area (Å²) in [6, 6.07) is 18.4. The quantitative estimate of drug-likeness (QED) is 0.348. The van der Waals surface area contributed by atoms with E-state index in [0.717, 1.165) is 15.4 Å². The van der Waals surface area contributed by atoms with Crippen LogP contribution in [0.15, 0.2) is 59.1 Å². The Kier molecular flexibility index (Phi) is 4.10. The molecule has 0 saturated carbocycles. The van der Waals surface area contributed by atoms with E-state index in [1.165, 1.54) is 33.0 Å². The average Bonchev–Trinajstić information content (AvgIpc) is 2.96. The molecule has 25 heavy (non-hydrogen) atoms. The van der Waals surface area contributed by atoms with Crippen molar-refractivity contribution in [3.63, 3.8) is 0 Å². The molecule has 0 aliphatic rings. The molecule has 1 aromatic heterocycles. The van der Waals surface area contributed by atoms with Gasteiger partial charge in [-0.1, -0.05) is 36.4 Å². The van der Waals surface area contributed by atoms with Crippen molar-refractivity contribution in [3.8, 4) is 11.1 Å². The SMILES string of the molecule is COC(=O)c1ccc2sc(C)c(-c3ccc4ccccc4c3Br)c2c1. The highest BCUT2D eigenvalue weighted by Crippen LogP contribution is 2.43. The second kappa shape index (κ2) is 6.28. The number of rotatable bonds is 2. The highest BCUT2D eigenvalue weighted by molar-refractivity contribution is 9.10. The topological polar surface area (TPSA) is 26.3 Å². The van der Waals surface area contributed by atoms with Gasteiger partial charge in [0.05, 0.1) is 12.7 Å². The maximum atomic E-state index is 11.9. The molecule has 0 aliphatic heterocycles. The van der Waals surface area contributed by atoms with E-state index in [1.807, 2.05) is 30.3 Å². The van der Waals surface area contributed by atoms with Crippen LogP contribution < -0.4 is 0 Å². The molecule has 0 saturated heterocycles. The molecule has 3 aromatic carbocycles. The Bertz CT molecular complexity index is 1130. The van der Waals surface area contributed by atoms with E-state index >= 15 is 0 Å². The Balaban J connectivity index is 2.02. The fourth-order valence-corrected chi connectivity index (χ4v) is 4.98. The first-order valence-electron chi connectivity index (χ1n) is 7.89. The van der Waals surface area contributed by atoms with Crippen LogP contribution in [-0.4, -0.2) is 13.1 Å². The molecule has 4 aromatic rings. The zero-order chi connectivity index (χ0) is 17.6. The van der Waals surface area contributed by atoms with Gasteiger partial charge < -0.3 is 4.74 Å². The predicted octanol–water partition coefficient (Wildman–Crippen LogP) is 6.58.